The number of aromatic nitrogens is 2. The van der Waals surface area contributed by atoms with Crippen LogP contribution in [0.2, 0.25) is 0 Å². The summed E-state index contributed by atoms with van der Waals surface area (Å²) < 4.78 is 16.1. The van der Waals surface area contributed by atoms with E-state index in [9.17, 15) is 4.79 Å². The molecule has 0 unspecified atom stereocenters. The molecule has 7 heteroatoms. The van der Waals surface area contributed by atoms with Crippen molar-refractivity contribution in [2.45, 2.75) is 32.7 Å². The standard InChI is InChI=1S/C23H27N3O4/c1-23(2,3)17-9-11-18(12-10-17)29-15-21(27)26(4)14-20-24-22(25-30-20)16-7-6-8-19(13-16)28-5/h6-13H,14-15H2,1-5H3. The van der Waals surface area contributed by atoms with E-state index >= 15 is 0 Å². The van der Waals surface area contributed by atoms with E-state index in [2.05, 4.69) is 30.9 Å². The molecule has 0 aliphatic carbocycles. The summed E-state index contributed by atoms with van der Waals surface area (Å²) in [6, 6.07) is 15.2. The van der Waals surface area contributed by atoms with Gasteiger partial charge in [0.2, 0.25) is 11.7 Å². The summed E-state index contributed by atoms with van der Waals surface area (Å²) >= 11 is 0. The molecule has 0 fully saturated rings. The van der Waals surface area contributed by atoms with Crippen LogP contribution < -0.4 is 9.47 Å². The molecule has 0 N–H and O–H groups in total. The van der Waals surface area contributed by atoms with Crippen LogP contribution in [0.3, 0.4) is 0 Å². The Bertz CT molecular complexity index is 990. The van der Waals surface area contributed by atoms with Crippen molar-refractivity contribution in [1.82, 2.24) is 15.0 Å². The van der Waals surface area contributed by atoms with Crippen LogP contribution in [0.15, 0.2) is 53.1 Å². The van der Waals surface area contributed by atoms with E-state index in [0.29, 0.717) is 23.2 Å². The molecule has 1 aromatic heterocycles. The quantitative estimate of drug-likeness (QED) is 0.585. The Morgan fingerprint density at radius 2 is 1.83 bits per heavy atom. The van der Waals surface area contributed by atoms with Gasteiger partial charge in [-0.15, -0.1) is 0 Å². The summed E-state index contributed by atoms with van der Waals surface area (Å²) in [5, 5.41) is 3.98. The summed E-state index contributed by atoms with van der Waals surface area (Å²) in [7, 11) is 3.27. The number of likely N-dealkylation sites (N-methyl/N-ethyl adjacent to an activating group) is 1. The van der Waals surface area contributed by atoms with Gasteiger partial charge < -0.3 is 18.9 Å². The molecule has 0 atom stereocenters. The lowest BCUT2D eigenvalue weighted by Crippen LogP contribution is -2.31. The monoisotopic (exact) mass is 409 g/mol. The van der Waals surface area contributed by atoms with E-state index in [1.165, 1.54) is 10.5 Å². The van der Waals surface area contributed by atoms with Crippen molar-refractivity contribution in [1.29, 1.82) is 0 Å². The Kier molecular flexibility index (Phi) is 6.40. The number of nitrogens with zero attached hydrogens (tertiary/aromatic N) is 3. The second-order valence-electron chi connectivity index (χ2n) is 8.06. The summed E-state index contributed by atoms with van der Waals surface area (Å²) in [5.74, 6) is 1.97. The third-order valence-electron chi connectivity index (χ3n) is 4.68. The molecule has 0 spiro atoms. The highest BCUT2D eigenvalue weighted by Crippen LogP contribution is 2.24. The molecular weight excluding hydrogens is 382 g/mol. The molecule has 0 bridgehead atoms. The van der Waals surface area contributed by atoms with Crippen molar-refractivity contribution in [2.24, 2.45) is 0 Å². The zero-order valence-corrected chi connectivity index (χ0v) is 18.0. The van der Waals surface area contributed by atoms with Crippen LogP contribution in [0, 0.1) is 0 Å². The van der Waals surface area contributed by atoms with Gasteiger partial charge >= 0.3 is 0 Å². The average molecular weight is 409 g/mol. The number of rotatable bonds is 7. The highest BCUT2D eigenvalue weighted by molar-refractivity contribution is 5.77. The first kappa shape index (κ1) is 21.4. The van der Waals surface area contributed by atoms with Crippen molar-refractivity contribution in [2.75, 3.05) is 20.8 Å². The molecule has 1 amide bonds. The summed E-state index contributed by atoms with van der Waals surface area (Å²) in [6.07, 6.45) is 0. The van der Waals surface area contributed by atoms with Crippen LogP contribution in [0.1, 0.15) is 32.2 Å². The van der Waals surface area contributed by atoms with Gasteiger partial charge in [-0.2, -0.15) is 4.98 Å². The number of carbonyl (C=O) groups excluding carboxylic acids is 1. The lowest BCUT2D eigenvalue weighted by Gasteiger charge is -2.19. The number of methoxy groups -OCH3 is 1. The molecule has 0 radical (unpaired) electrons. The SMILES string of the molecule is COc1cccc(-c2noc(CN(C)C(=O)COc3ccc(C(C)(C)C)cc3)n2)c1. The maximum absolute atomic E-state index is 12.4. The number of benzene rings is 2. The van der Waals surface area contributed by atoms with Crippen LogP contribution in [0.4, 0.5) is 0 Å². The molecule has 1 heterocycles. The number of ether oxygens (including phenoxy) is 2. The molecule has 0 saturated carbocycles. The van der Waals surface area contributed by atoms with E-state index in [-0.39, 0.29) is 24.5 Å². The van der Waals surface area contributed by atoms with Crippen molar-refractivity contribution in [3.05, 3.63) is 60.0 Å². The molecular formula is C23H27N3O4. The molecule has 0 saturated heterocycles. The minimum atomic E-state index is -0.184. The van der Waals surface area contributed by atoms with Gasteiger partial charge in [-0.3, -0.25) is 4.79 Å². The maximum Gasteiger partial charge on any atom is 0.260 e. The third-order valence-corrected chi connectivity index (χ3v) is 4.68. The van der Waals surface area contributed by atoms with Crippen LogP contribution in [-0.2, 0) is 16.8 Å². The largest absolute Gasteiger partial charge is 0.497 e. The van der Waals surface area contributed by atoms with Crippen LogP contribution in [0.5, 0.6) is 11.5 Å². The van der Waals surface area contributed by atoms with E-state index < -0.39 is 0 Å². The Morgan fingerprint density at radius 1 is 1.10 bits per heavy atom. The first-order chi connectivity index (χ1) is 14.3. The van der Waals surface area contributed by atoms with E-state index in [1.54, 1.807) is 14.2 Å². The smallest absolute Gasteiger partial charge is 0.260 e. The van der Waals surface area contributed by atoms with Gasteiger partial charge in [0.15, 0.2) is 6.61 Å². The maximum atomic E-state index is 12.4. The van der Waals surface area contributed by atoms with Crippen LogP contribution >= 0.6 is 0 Å². The second-order valence-corrected chi connectivity index (χ2v) is 8.06. The first-order valence-electron chi connectivity index (χ1n) is 9.70. The summed E-state index contributed by atoms with van der Waals surface area (Å²) in [4.78, 5) is 18.3. The fraction of sp³-hybridized carbons (Fsp3) is 0.348. The Labute approximate surface area is 176 Å². The zero-order valence-electron chi connectivity index (χ0n) is 18.0. The predicted octanol–water partition coefficient (Wildman–Crippen LogP) is 4.08. The van der Waals surface area contributed by atoms with Gasteiger partial charge in [-0.1, -0.05) is 50.2 Å². The van der Waals surface area contributed by atoms with Gasteiger partial charge in [0, 0.05) is 12.6 Å². The lowest BCUT2D eigenvalue weighted by atomic mass is 9.87. The number of carbonyl (C=O) groups is 1. The lowest BCUT2D eigenvalue weighted by molar-refractivity contribution is -0.132. The normalized spacial score (nSPS) is 11.2. The minimum Gasteiger partial charge on any atom is -0.497 e. The molecule has 2 aromatic carbocycles. The minimum absolute atomic E-state index is 0.0672. The molecule has 7 nitrogen and oxygen atoms in total. The van der Waals surface area contributed by atoms with Crippen molar-refractivity contribution in [3.63, 3.8) is 0 Å². The molecule has 158 valence electrons. The topological polar surface area (TPSA) is 77.7 Å². The molecule has 0 aliphatic heterocycles. The van der Waals surface area contributed by atoms with Gasteiger partial charge in [0.25, 0.3) is 5.91 Å². The predicted molar refractivity (Wildman–Crippen MR) is 113 cm³/mol. The molecule has 3 rings (SSSR count). The molecule has 0 aliphatic rings. The Hall–Kier alpha value is -3.35. The van der Waals surface area contributed by atoms with Crippen molar-refractivity contribution < 1.29 is 18.8 Å². The molecule has 30 heavy (non-hydrogen) atoms. The van der Waals surface area contributed by atoms with Crippen LogP contribution in [-0.4, -0.2) is 41.7 Å². The highest BCUT2D eigenvalue weighted by Gasteiger charge is 2.16. The van der Waals surface area contributed by atoms with E-state index in [4.69, 9.17) is 14.0 Å². The third kappa shape index (κ3) is 5.37. The summed E-state index contributed by atoms with van der Waals surface area (Å²) in [6.45, 7) is 6.58. The molecule has 3 aromatic rings. The van der Waals surface area contributed by atoms with E-state index in [0.717, 1.165) is 5.56 Å². The Balaban J connectivity index is 1.55. The first-order valence-corrected chi connectivity index (χ1v) is 9.70. The van der Waals surface area contributed by atoms with Gasteiger partial charge in [-0.05, 0) is 35.2 Å². The van der Waals surface area contributed by atoms with Gasteiger partial charge in [0.1, 0.15) is 11.5 Å². The van der Waals surface area contributed by atoms with Gasteiger partial charge in [-0.25, -0.2) is 0 Å². The van der Waals surface area contributed by atoms with Crippen LogP contribution in [0.25, 0.3) is 11.4 Å². The number of hydrogen-bond donors (Lipinski definition) is 0. The highest BCUT2D eigenvalue weighted by atomic mass is 16.5. The second kappa shape index (κ2) is 8.98. The number of amides is 1. The average Bonchev–Trinajstić information content (AvgIpc) is 3.20. The van der Waals surface area contributed by atoms with Crippen molar-refractivity contribution >= 4 is 5.91 Å². The van der Waals surface area contributed by atoms with Crippen molar-refractivity contribution in [3.8, 4) is 22.9 Å². The fourth-order valence-corrected chi connectivity index (χ4v) is 2.80. The fourth-order valence-electron chi connectivity index (χ4n) is 2.80. The summed E-state index contributed by atoms with van der Waals surface area (Å²) in [5.41, 5.74) is 2.06. The number of hydrogen-bond acceptors (Lipinski definition) is 6. The Morgan fingerprint density at radius 3 is 2.50 bits per heavy atom. The zero-order chi connectivity index (χ0) is 21.7. The van der Waals surface area contributed by atoms with Gasteiger partial charge in [0.05, 0.1) is 13.7 Å². The van der Waals surface area contributed by atoms with E-state index in [1.807, 2.05) is 48.5 Å².